The minimum absolute atomic E-state index is 0.267. The average Bonchev–Trinajstić information content (AvgIpc) is 2.76. The molecule has 2 aromatic rings. The van der Waals surface area contributed by atoms with E-state index in [4.69, 9.17) is 22.1 Å². The molecular formula is C12H14ClN5O. The van der Waals surface area contributed by atoms with Crippen molar-refractivity contribution in [3.8, 4) is 11.4 Å². The van der Waals surface area contributed by atoms with Crippen molar-refractivity contribution in [1.29, 1.82) is 0 Å². The molecule has 0 saturated heterocycles. The summed E-state index contributed by atoms with van der Waals surface area (Å²) in [6, 6.07) is 5.60. The van der Waals surface area contributed by atoms with E-state index in [0.717, 1.165) is 18.4 Å². The quantitative estimate of drug-likeness (QED) is 0.869. The summed E-state index contributed by atoms with van der Waals surface area (Å²) in [5.74, 6) is 0.671. The fourth-order valence-corrected chi connectivity index (χ4v) is 2.53. The normalized spacial score (nSPS) is 22.2. The van der Waals surface area contributed by atoms with E-state index in [-0.39, 0.29) is 6.04 Å². The highest BCUT2D eigenvalue weighted by Crippen LogP contribution is 2.37. The number of nitrogens with two attached hydrogens (primary N) is 1. The molecule has 7 heteroatoms. The van der Waals surface area contributed by atoms with Gasteiger partial charge >= 0.3 is 0 Å². The van der Waals surface area contributed by atoms with Crippen LogP contribution in [0, 0.1) is 0 Å². The summed E-state index contributed by atoms with van der Waals surface area (Å²) >= 11 is 6.20. The fraction of sp³-hybridized carbons (Fsp3) is 0.417. The van der Waals surface area contributed by atoms with Crippen LogP contribution in [0.1, 0.15) is 18.9 Å². The van der Waals surface area contributed by atoms with Gasteiger partial charge in [-0.2, -0.15) is 0 Å². The monoisotopic (exact) mass is 279 g/mol. The molecule has 1 aromatic heterocycles. The lowest BCUT2D eigenvalue weighted by molar-refractivity contribution is 0.00248. The number of methoxy groups -OCH3 is 1. The van der Waals surface area contributed by atoms with Crippen LogP contribution in [-0.2, 0) is 4.74 Å². The van der Waals surface area contributed by atoms with Crippen LogP contribution in [0.5, 0.6) is 0 Å². The molecule has 1 heterocycles. The van der Waals surface area contributed by atoms with Crippen molar-refractivity contribution >= 4 is 17.3 Å². The number of hydrogen-bond acceptors (Lipinski definition) is 5. The van der Waals surface area contributed by atoms with Crippen LogP contribution in [0.4, 0.5) is 5.69 Å². The summed E-state index contributed by atoms with van der Waals surface area (Å²) in [4.78, 5) is 0. The number of anilines is 1. The topological polar surface area (TPSA) is 78.8 Å². The SMILES string of the molecule is COC1CC(n2nnnc2-c2ccc(N)cc2Cl)C1. The maximum atomic E-state index is 6.20. The van der Waals surface area contributed by atoms with Gasteiger partial charge in [0.25, 0.3) is 0 Å². The molecule has 0 aliphatic heterocycles. The molecule has 1 fully saturated rings. The highest BCUT2D eigenvalue weighted by atomic mass is 35.5. The number of nitrogens with zero attached hydrogens (tertiary/aromatic N) is 4. The molecule has 0 amide bonds. The van der Waals surface area contributed by atoms with E-state index in [1.165, 1.54) is 0 Å². The van der Waals surface area contributed by atoms with Crippen LogP contribution in [0.25, 0.3) is 11.4 Å². The second-order valence-corrected chi connectivity index (χ2v) is 5.08. The van der Waals surface area contributed by atoms with Gasteiger partial charge in [-0.3, -0.25) is 0 Å². The third-order valence-corrected chi connectivity index (χ3v) is 3.79. The molecule has 0 radical (unpaired) electrons. The molecular weight excluding hydrogens is 266 g/mol. The Morgan fingerprint density at radius 3 is 2.89 bits per heavy atom. The van der Waals surface area contributed by atoms with Crippen molar-refractivity contribution in [1.82, 2.24) is 20.2 Å². The van der Waals surface area contributed by atoms with Crippen LogP contribution >= 0.6 is 11.6 Å². The van der Waals surface area contributed by atoms with E-state index in [0.29, 0.717) is 22.6 Å². The van der Waals surface area contributed by atoms with Gasteiger partial charge in [0.2, 0.25) is 0 Å². The van der Waals surface area contributed by atoms with Crippen LogP contribution in [0.3, 0.4) is 0 Å². The Hall–Kier alpha value is -1.66. The summed E-state index contributed by atoms with van der Waals surface area (Å²) in [6.07, 6.45) is 2.13. The molecule has 1 saturated carbocycles. The average molecular weight is 280 g/mol. The Kier molecular flexibility index (Phi) is 3.12. The predicted molar refractivity (Wildman–Crippen MR) is 71.7 cm³/mol. The maximum absolute atomic E-state index is 6.20. The molecule has 0 atom stereocenters. The molecule has 6 nitrogen and oxygen atoms in total. The summed E-state index contributed by atoms with van der Waals surface area (Å²) in [7, 11) is 1.72. The van der Waals surface area contributed by atoms with E-state index >= 15 is 0 Å². The number of nitrogen functional groups attached to an aromatic ring is 1. The molecule has 2 N–H and O–H groups in total. The number of tetrazole rings is 1. The Morgan fingerprint density at radius 1 is 1.42 bits per heavy atom. The number of halogens is 1. The minimum Gasteiger partial charge on any atom is -0.399 e. The smallest absolute Gasteiger partial charge is 0.183 e. The standard InChI is InChI=1S/C12H14ClN5O/c1-19-9-5-8(6-9)18-12(15-16-17-18)10-3-2-7(14)4-11(10)13/h2-4,8-9H,5-6,14H2,1H3. The first kappa shape index (κ1) is 12.4. The summed E-state index contributed by atoms with van der Waals surface area (Å²) in [5, 5.41) is 12.4. The molecule has 19 heavy (non-hydrogen) atoms. The minimum atomic E-state index is 0.267. The third-order valence-electron chi connectivity index (χ3n) is 3.48. The van der Waals surface area contributed by atoms with E-state index in [1.54, 1.807) is 19.2 Å². The molecule has 0 bridgehead atoms. The van der Waals surface area contributed by atoms with Crippen molar-refractivity contribution in [3.63, 3.8) is 0 Å². The lowest BCUT2D eigenvalue weighted by Gasteiger charge is -2.34. The molecule has 0 unspecified atom stereocenters. The van der Waals surface area contributed by atoms with Crippen molar-refractivity contribution in [2.75, 3.05) is 12.8 Å². The van der Waals surface area contributed by atoms with Gasteiger partial charge < -0.3 is 10.5 Å². The first-order valence-corrected chi connectivity index (χ1v) is 6.43. The molecule has 100 valence electrons. The molecule has 1 aliphatic rings. The summed E-state index contributed by atoms with van der Waals surface area (Å²) in [5.41, 5.74) is 7.11. The van der Waals surface area contributed by atoms with Gasteiger partial charge in [-0.15, -0.1) is 5.10 Å². The summed E-state index contributed by atoms with van der Waals surface area (Å²) in [6.45, 7) is 0. The maximum Gasteiger partial charge on any atom is 0.183 e. The van der Waals surface area contributed by atoms with Crippen LogP contribution < -0.4 is 5.73 Å². The van der Waals surface area contributed by atoms with Gasteiger partial charge in [0.05, 0.1) is 17.2 Å². The number of ether oxygens (including phenoxy) is 1. The largest absolute Gasteiger partial charge is 0.399 e. The van der Waals surface area contributed by atoms with Crippen LogP contribution in [0.15, 0.2) is 18.2 Å². The Bertz CT molecular complexity index is 594. The van der Waals surface area contributed by atoms with Crippen molar-refractivity contribution in [3.05, 3.63) is 23.2 Å². The van der Waals surface area contributed by atoms with Crippen molar-refractivity contribution < 1.29 is 4.74 Å². The Balaban J connectivity index is 1.92. The summed E-state index contributed by atoms with van der Waals surface area (Å²) < 4.78 is 7.09. The molecule has 0 spiro atoms. The predicted octanol–water partition coefficient (Wildman–Crippen LogP) is 1.93. The lowest BCUT2D eigenvalue weighted by Crippen LogP contribution is -2.33. The zero-order valence-corrected chi connectivity index (χ0v) is 11.2. The second kappa shape index (κ2) is 4.79. The van der Waals surface area contributed by atoms with Crippen LogP contribution in [0.2, 0.25) is 5.02 Å². The van der Waals surface area contributed by atoms with E-state index in [9.17, 15) is 0 Å². The second-order valence-electron chi connectivity index (χ2n) is 4.67. The molecule has 1 aliphatic carbocycles. The zero-order chi connectivity index (χ0) is 13.4. The first-order chi connectivity index (χ1) is 9.19. The molecule has 1 aromatic carbocycles. The highest BCUT2D eigenvalue weighted by molar-refractivity contribution is 6.33. The fourth-order valence-electron chi connectivity index (χ4n) is 2.26. The zero-order valence-electron chi connectivity index (χ0n) is 10.5. The Morgan fingerprint density at radius 2 is 2.21 bits per heavy atom. The number of rotatable bonds is 3. The van der Waals surface area contributed by atoms with Gasteiger partial charge in [0.15, 0.2) is 5.82 Å². The van der Waals surface area contributed by atoms with Gasteiger partial charge in [-0.05, 0) is 41.5 Å². The lowest BCUT2D eigenvalue weighted by atomic mass is 9.89. The van der Waals surface area contributed by atoms with Crippen molar-refractivity contribution in [2.45, 2.75) is 25.0 Å². The van der Waals surface area contributed by atoms with Gasteiger partial charge in [0.1, 0.15) is 0 Å². The van der Waals surface area contributed by atoms with Crippen molar-refractivity contribution in [2.24, 2.45) is 0 Å². The number of benzene rings is 1. The first-order valence-electron chi connectivity index (χ1n) is 6.05. The van der Waals surface area contributed by atoms with Crippen LogP contribution in [-0.4, -0.2) is 33.4 Å². The van der Waals surface area contributed by atoms with E-state index in [1.807, 2.05) is 10.7 Å². The number of aromatic nitrogens is 4. The third kappa shape index (κ3) is 2.17. The van der Waals surface area contributed by atoms with Gasteiger partial charge in [0, 0.05) is 18.4 Å². The van der Waals surface area contributed by atoms with E-state index < -0.39 is 0 Å². The van der Waals surface area contributed by atoms with Gasteiger partial charge in [-0.25, -0.2) is 4.68 Å². The van der Waals surface area contributed by atoms with Gasteiger partial charge in [-0.1, -0.05) is 11.6 Å². The highest BCUT2D eigenvalue weighted by Gasteiger charge is 2.33. The molecule has 3 rings (SSSR count). The Labute approximate surface area is 115 Å². The van der Waals surface area contributed by atoms with E-state index in [2.05, 4.69) is 15.5 Å². The number of hydrogen-bond donors (Lipinski definition) is 1.